The van der Waals surface area contributed by atoms with E-state index in [2.05, 4.69) is 39.9 Å². The largest absolute Gasteiger partial charge is 0.481 e. The van der Waals surface area contributed by atoms with Crippen molar-refractivity contribution >= 4 is 18.2 Å². The maximum atomic E-state index is 12.8. The van der Waals surface area contributed by atoms with E-state index in [4.69, 9.17) is 19.3 Å². The number of fused-ring (bicyclic) bond motifs is 4. The van der Waals surface area contributed by atoms with Crippen molar-refractivity contribution in [3.63, 3.8) is 0 Å². The van der Waals surface area contributed by atoms with E-state index in [1.54, 1.807) is 0 Å². The molecule has 0 radical (unpaired) electrons. The maximum Gasteiger partial charge on any atom is 0.410 e. The lowest BCUT2D eigenvalue weighted by atomic mass is 9.42. The van der Waals surface area contributed by atoms with Crippen molar-refractivity contribution in [1.82, 2.24) is 10.2 Å². The Kier molecular flexibility index (Phi) is 9.06. The molecule has 48 heavy (non-hydrogen) atoms. The van der Waals surface area contributed by atoms with Crippen molar-refractivity contribution in [2.45, 2.75) is 155 Å². The third-order valence-electron chi connectivity index (χ3n) is 15.4. The zero-order chi connectivity index (χ0) is 34.1. The Labute approximate surface area is 287 Å². The minimum Gasteiger partial charge on any atom is -0.481 e. The number of nitrogens with one attached hydrogen (secondary N) is 1. The van der Waals surface area contributed by atoms with Crippen LogP contribution in [0.25, 0.3) is 0 Å². The molecule has 8 rings (SSSR count). The summed E-state index contributed by atoms with van der Waals surface area (Å²) in [5, 5.41) is 11.7. The van der Waals surface area contributed by atoms with Gasteiger partial charge in [-0.3, -0.25) is 4.79 Å². The van der Waals surface area contributed by atoms with Crippen molar-refractivity contribution in [2.75, 3.05) is 19.6 Å². The average Bonchev–Trinajstić information content (AvgIpc) is 3.09. The van der Waals surface area contributed by atoms with Crippen LogP contribution in [0.1, 0.15) is 131 Å². The normalized spacial score (nSPS) is 43.3. The Balaban J connectivity index is 1.07. The topological polar surface area (TPSA) is 114 Å². The lowest BCUT2D eigenvalue weighted by Gasteiger charge is -2.63. The second-order valence-electron chi connectivity index (χ2n) is 18.5. The molecule has 9 nitrogen and oxygen atoms in total. The summed E-state index contributed by atoms with van der Waals surface area (Å²) < 4.78 is 19.3. The molecule has 2 amide bonds. The van der Waals surface area contributed by atoms with E-state index in [-0.39, 0.29) is 60.2 Å². The molecule has 8 aliphatic rings. The van der Waals surface area contributed by atoms with Crippen LogP contribution in [-0.4, -0.2) is 72.2 Å². The van der Waals surface area contributed by atoms with Gasteiger partial charge in [-0.15, -0.1) is 0 Å². The summed E-state index contributed by atoms with van der Waals surface area (Å²) in [5.41, 5.74) is 0.890. The monoisotopic (exact) mass is 670 g/mol. The number of hydrogen-bond acceptors (Lipinski definition) is 6. The van der Waals surface area contributed by atoms with Crippen LogP contribution in [0.5, 0.6) is 0 Å². The molecule has 8 fully saturated rings. The molecule has 9 heteroatoms. The Bertz CT molecular complexity index is 1240. The van der Waals surface area contributed by atoms with Gasteiger partial charge < -0.3 is 29.5 Å². The highest BCUT2D eigenvalue weighted by atomic mass is 16.6. The fourth-order valence-electron chi connectivity index (χ4n) is 13.3. The smallest absolute Gasteiger partial charge is 0.410 e. The van der Waals surface area contributed by atoms with E-state index in [1.807, 2.05) is 4.90 Å². The number of carbonyl (C=O) groups is 3. The first kappa shape index (κ1) is 34.4. The van der Waals surface area contributed by atoms with Gasteiger partial charge in [-0.25, -0.2) is 9.59 Å². The van der Waals surface area contributed by atoms with E-state index in [0.29, 0.717) is 34.5 Å². The van der Waals surface area contributed by atoms with Crippen LogP contribution in [0, 0.1) is 51.2 Å². The van der Waals surface area contributed by atoms with Crippen LogP contribution in [0.3, 0.4) is 0 Å². The summed E-state index contributed by atoms with van der Waals surface area (Å²) in [7, 11) is 0. The first-order valence-electron chi connectivity index (χ1n) is 19.6. The maximum absolute atomic E-state index is 12.8. The van der Waals surface area contributed by atoms with Crippen LogP contribution in [0.4, 0.5) is 9.59 Å². The molecule has 0 aromatic rings. The van der Waals surface area contributed by atoms with E-state index in [9.17, 15) is 14.4 Å². The first-order chi connectivity index (χ1) is 22.8. The highest BCUT2D eigenvalue weighted by Gasteiger charge is 2.70. The zero-order valence-corrected chi connectivity index (χ0v) is 30.3. The number of nitrogens with zero attached hydrogens (tertiary/aromatic N) is 1. The molecule has 9 atom stereocenters. The number of amides is 2. The number of carboxylic acid groups (broad SMARTS) is 1. The van der Waals surface area contributed by atoms with E-state index in [0.717, 1.165) is 45.2 Å². The molecule has 2 heterocycles. The number of hydrogen-bond donors (Lipinski definition) is 2. The zero-order valence-electron chi connectivity index (χ0n) is 30.3. The summed E-state index contributed by atoms with van der Waals surface area (Å²) in [4.78, 5) is 38.4. The molecule has 6 aliphatic carbocycles. The van der Waals surface area contributed by atoms with E-state index < -0.39 is 12.1 Å². The Morgan fingerprint density at radius 1 is 0.896 bits per heavy atom. The predicted octanol–water partition coefficient (Wildman–Crippen LogP) is 7.80. The van der Waals surface area contributed by atoms with Crippen LogP contribution >= 0.6 is 0 Å². The number of aliphatic carboxylic acids is 1. The minimum absolute atomic E-state index is 0.0248. The number of likely N-dealkylation sites (tertiary alicyclic amines) is 1. The summed E-state index contributed by atoms with van der Waals surface area (Å²) in [6.45, 7) is 13.3. The highest BCUT2D eigenvalue weighted by molar-refractivity contribution is 5.70. The second kappa shape index (κ2) is 12.6. The Hall–Kier alpha value is -2.03. The summed E-state index contributed by atoms with van der Waals surface area (Å²) in [5.74, 6) is 1.73. The van der Waals surface area contributed by atoms with Crippen molar-refractivity contribution in [2.24, 2.45) is 51.2 Å². The van der Waals surface area contributed by atoms with E-state index >= 15 is 0 Å². The van der Waals surface area contributed by atoms with Gasteiger partial charge in [0.05, 0.1) is 18.6 Å². The third kappa shape index (κ3) is 5.74. The lowest BCUT2D eigenvalue weighted by molar-refractivity contribution is -0.147. The van der Waals surface area contributed by atoms with Crippen molar-refractivity contribution in [3.05, 3.63) is 0 Å². The van der Waals surface area contributed by atoms with Gasteiger partial charge in [-0.05, 0) is 129 Å². The molecule has 6 saturated carbocycles. The number of rotatable bonds is 7. The molecule has 2 N–H and O–H groups in total. The first-order valence-corrected chi connectivity index (χ1v) is 19.6. The number of alkyl carbamates (subject to hydrolysis) is 1. The van der Waals surface area contributed by atoms with Crippen molar-refractivity contribution in [3.8, 4) is 0 Å². The van der Waals surface area contributed by atoms with Crippen molar-refractivity contribution < 1.29 is 33.7 Å². The van der Waals surface area contributed by atoms with Gasteiger partial charge in [0.25, 0.3) is 0 Å². The summed E-state index contributed by atoms with van der Waals surface area (Å²) in [6, 6.07) is 0. The molecule has 2 saturated heterocycles. The van der Waals surface area contributed by atoms with Crippen LogP contribution in [0.2, 0.25) is 0 Å². The fraction of sp³-hybridized carbons (Fsp3) is 0.923. The standard InChI is InChI=1S/C39H62N2O7/c1-24(2)33(48-35(45)41-19-8-20-41)28-12-10-26-29(46-28)21-27-25-11-13-30-36(3,4)31(47-34(44)40-18-14-32(42)43)9-6-16-39(30)22-38(25,23-39)17-7-15-37(26,27)5/h24-31,33H,6-23H2,1-5H3,(H,40,44)(H,42,43). The van der Waals surface area contributed by atoms with Crippen LogP contribution in [-0.2, 0) is 19.0 Å². The average molecular weight is 671 g/mol. The van der Waals surface area contributed by atoms with Crippen LogP contribution < -0.4 is 5.32 Å². The van der Waals surface area contributed by atoms with Gasteiger partial charge in [0.1, 0.15) is 12.2 Å². The van der Waals surface area contributed by atoms with E-state index in [1.165, 1.54) is 57.8 Å². The van der Waals surface area contributed by atoms with Gasteiger partial charge in [0, 0.05) is 25.0 Å². The van der Waals surface area contributed by atoms with Gasteiger partial charge >= 0.3 is 18.2 Å². The predicted molar refractivity (Wildman–Crippen MR) is 181 cm³/mol. The molecular weight excluding hydrogens is 608 g/mol. The van der Waals surface area contributed by atoms with Gasteiger partial charge in [-0.2, -0.15) is 0 Å². The van der Waals surface area contributed by atoms with Crippen LogP contribution in [0.15, 0.2) is 0 Å². The lowest BCUT2D eigenvalue weighted by Crippen LogP contribution is -2.56. The number of carboxylic acids is 1. The molecule has 270 valence electrons. The summed E-state index contributed by atoms with van der Waals surface area (Å²) in [6.07, 6.45) is 15.7. The molecule has 9 unspecified atom stereocenters. The molecule has 2 aliphatic heterocycles. The fourth-order valence-corrected chi connectivity index (χ4v) is 13.3. The molecule has 2 spiro atoms. The summed E-state index contributed by atoms with van der Waals surface area (Å²) >= 11 is 0. The minimum atomic E-state index is -0.923. The molecular formula is C39H62N2O7. The Morgan fingerprint density at radius 2 is 1.62 bits per heavy atom. The SMILES string of the molecule is CC(C)C(OC(=O)N1CCC1)C1CCC2C(CC3C4CCC5C6(CCCC(OC(=O)NCCC(=O)O)C5(C)C)CC4(CCCC23C)C6)O1. The molecule has 0 aromatic heterocycles. The second-order valence-corrected chi connectivity index (χ2v) is 18.5. The molecule has 0 aromatic carbocycles. The number of ether oxygens (including phenoxy) is 3. The third-order valence-corrected chi connectivity index (χ3v) is 15.4. The quantitative estimate of drug-likeness (QED) is 0.284. The number of carbonyl (C=O) groups excluding carboxylic acids is 2. The van der Waals surface area contributed by atoms with Crippen molar-refractivity contribution in [1.29, 1.82) is 0 Å². The van der Waals surface area contributed by atoms with Gasteiger partial charge in [-0.1, -0.05) is 41.0 Å². The van der Waals surface area contributed by atoms with Gasteiger partial charge in [0.15, 0.2) is 0 Å². The van der Waals surface area contributed by atoms with Gasteiger partial charge in [0.2, 0.25) is 0 Å². The highest BCUT2D eigenvalue weighted by Crippen LogP contribution is 2.77. The molecule has 2 bridgehead atoms. The Morgan fingerprint density at radius 3 is 2.31 bits per heavy atom.